The number of rotatable bonds is 6. The molecular weight excluding hydrogens is 384 g/mol. The molecule has 0 radical (unpaired) electrons. The van der Waals surface area contributed by atoms with E-state index in [4.69, 9.17) is 0 Å². The minimum Gasteiger partial charge on any atom is -0.328 e. The molecule has 1 aromatic heterocycles. The first kappa shape index (κ1) is 19.5. The SMILES string of the molecule is CC(C)c1nnc(SCC(=O)C(C#N)=C2N(C)c3ccccc3N2C)n1C1CC1. The molecular formula is C21H24N6OS. The number of carbonyl (C=O) groups is 1. The van der Waals surface area contributed by atoms with Crippen LogP contribution < -0.4 is 9.80 Å². The van der Waals surface area contributed by atoms with Crippen LogP contribution in [0.3, 0.4) is 0 Å². The van der Waals surface area contributed by atoms with Crippen LogP contribution in [0.4, 0.5) is 11.4 Å². The number of carbonyl (C=O) groups excluding carboxylic acids is 1. The van der Waals surface area contributed by atoms with Crippen molar-refractivity contribution in [1.82, 2.24) is 14.8 Å². The summed E-state index contributed by atoms with van der Waals surface area (Å²) < 4.78 is 2.17. The lowest BCUT2D eigenvalue weighted by molar-refractivity contribution is -0.112. The molecule has 2 heterocycles. The maximum Gasteiger partial charge on any atom is 0.191 e. The molecule has 0 atom stereocenters. The summed E-state index contributed by atoms with van der Waals surface area (Å²) >= 11 is 1.37. The second-order valence-electron chi connectivity index (χ2n) is 7.73. The molecule has 1 aliphatic carbocycles. The Balaban J connectivity index is 1.58. The summed E-state index contributed by atoms with van der Waals surface area (Å²) in [5, 5.41) is 19.2. The molecule has 0 spiro atoms. The molecule has 4 rings (SSSR count). The fourth-order valence-electron chi connectivity index (χ4n) is 3.72. The van der Waals surface area contributed by atoms with Crippen LogP contribution in [0.15, 0.2) is 40.8 Å². The largest absolute Gasteiger partial charge is 0.328 e. The number of nitriles is 1. The molecule has 1 aliphatic heterocycles. The highest BCUT2D eigenvalue weighted by molar-refractivity contribution is 7.99. The van der Waals surface area contributed by atoms with Gasteiger partial charge in [0.05, 0.1) is 17.1 Å². The molecule has 0 unspecified atom stereocenters. The second kappa shape index (κ2) is 7.56. The van der Waals surface area contributed by atoms with Crippen molar-refractivity contribution in [3.8, 4) is 6.07 Å². The third-order valence-corrected chi connectivity index (χ3v) is 6.25. The predicted octanol–water partition coefficient (Wildman–Crippen LogP) is 3.72. The molecule has 150 valence electrons. The lowest BCUT2D eigenvalue weighted by atomic mass is 10.2. The molecule has 7 nitrogen and oxygen atoms in total. The quantitative estimate of drug-likeness (QED) is 0.409. The van der Waals surface area contributed by atoms with Crippen LogP contribution in [0, 0.1) is 11.3 Å². The van der Waals surface area contributed by atoms with E-state index < -0.39 is 0 Å². The van der Waals surface area contributed by atoms with E-state index in [-0.39, 0.29) is 23.0 Å². The molecule has 2 aliphatic rings. The minimum atomic E-state index is -0.199. The summed E-state index contributed by atoms with van der Waals surface area (Å²) in [5.74, 6) is 1.82. The highest BCUT2D eigenvalue weighted by Gasteiger charge is 2.33. The smallest absolute Gasteiger partial charge is 0.191 e. The van der Waals surface area contributed by atoms with Gasteiger partial charge in [-0.15, -0.1) is 10.2 Å². The van der Waals surface area contributed by atoms with Crippen LogP contribution in [0.25, 0.3) is 0 Å². The first-order valence-corrected chi connectivity index (χ1v) is 10.7. The first-order chi connectivity index (χ1) is 13.9. The fourth-order valence-corrected chi connectivity index (χ4v) is 4.60. The van der Waals surface area contributed by atoms with E-state index in [1.54, 1.807) is 0 Å². The van der Waals surface area contributed by atoms with E-state index in [0.29, 0.717) is 11.9 Å². The van der Waals surface area contributed by atoms with Crippen LogP contribution in [0.2, 0.25) is 0 Å². The molecule has 2 aromatic rings. The van der Waals surface area contributed by atoms with Gasteiger partial charge >= 0.3 is 0 Å². The topological polar surface area (TPSA) is 78.0 Å². The molecule has 0 bridgehead atoms. The number of allylic oxidation sites excluding steroid dienone is 1. The number of aromatic nitrogens is 3. The van der Waals surface area contributed by atoms with Gasteiger partial charge in [0.15, 0.2) is 10.9 Å². The van der Waals surface area contributed by atoms with Crippen molar-refractivity contribution in [1.29, 1.82) is 5.26 Å². The summed E-state index contributed by atoms with van der Waals surface area (Å²) in [6.45, 7) is 4.20. The Kier molecular flexibility index (Phi) is 5.09. The zero-order valence-electron chi connectivity index (χ0n) is 17.1. The van der Waals surface area contributed by atoms with Crippen molar-refractivity contribution in [3.05, 3.63) is 41.5 Å². The number of anilines is 2. The monoisotopic (exact) mass is 408 g/mol. The van der Waals surface area contributed by atoms with Gasteiger partial charge in [-0.1, -0.05) is 37.7 Å². The Morgan fingerprint density at radius 3 is 2.34 bits per heavy atom. The molecule has 0 N–H and O–H groups in total. The van der Waals surface area contributed by atoms with Crippen molar-refractivity contribution in [2.24, 2.45) is 0 Å². The average Bonchev–Trinajstić information content (AvgIpc) is 3.41. The van der Waals surface area contributed by atoms with Crippen LogP contribution >= 0.6 is 11.8 Å². The van der Waals surface area contributed by atoms with Gasteiger partial charge in [-0.05, 0) is 25.0 Å². The molecule has 0 amide bonds. The fraction of sp³-hybridized carbons (Fsp3) is 0.429. The summed E-state index contributed by atoms with van der Waals surface area (Å²) in [5.41, 5.74) is 2.13. The van der Waals surface area contributed by atoms with E-state index in [9.17, 15) is 10.1 Å². The summed E-state index contributed by atoms with van der Waals surface area (Å²) in [6.07, 6.45) is 2.25. The average molecular weight is 409 g/mol. The minimum absolute atomic E-state index is 0.160. The lowest BCUT2D eigenvalue weighted by Crippen LogP contribution is -2.26. The van der Waals surface area contributed by atoms with Gasteiger partial charge in [0.1, 0.15) is 23.3 Å². The van der Waals surface area contributed by atoms with Crippen molar-refractivity contribution in [2.45, 2.75) is 43.8 Å². The van der Waals surface area contributed by atoms with Gasteiger partial charge in [-0.3, -0.25) is 4.79 Å². The van der Waals surface area contributed by atoms with Gasteiger partial charge in [-0.2, -0.15) is 5.26 Å². The zero-order valence-corrected chi connectivity index (χ0v) is 17.9. The van der Waals surface area contributed by atoms with E-state index >= 15 is 0 Å². The highest BCUT2D eigenvalue weighted by Crippen LogP contribution is 2.42. The number of hydrogen-bond donors (Lipinski definition) is 0. The Labute approximate surface area is 175 Å². The number of benzene rings is 1. The van der Waals surface area contributed by atoms with Crippen LogP contribution in [-0.2, 0) is 4.79 Å². The Morgan fingerprint density at radius 1 is 1.21 bits per heavy atom. The molecule has 29 heavy (non-hydrogen) atoms. The normalized spacial score (nSPS) is 15.7. The number of para-hydroxylation sites is 2. The standard InChI is InChI=1S/C21H24N6OS/c1-13(2)19-23-24-21(27(19)14-9-10-14)29-12-18(28)15(11-22)20-25(3)16-7-5-6-8-17(16)26(20)4/h5-8,13-14H,9-10,12H2,1-4H3. The van der Waals surface area contributed by atoms with Gasteiger partial charge < -0.3 is 14.4 Å². The van der Waals surface area contributed by atoms with Crippen LogP contribution in [-0.4, -0.2) is 40.4 Å². The summed E-state index contributed by atoms with van der Waals surface area (Å²) in [6, 6.07) is 10.5. The summed E-state index contributed by atoms with van der Waals surface area (Å²) in [4.78, 5) is 16.8. The van der Waals surface area contributed by atoms with E-state index in [0.717, 1.165) is 35.2 Å². The summed E-state index contributed by atoms with van der Waals surface area (Å²) in [7, 11) is 3.77. The molecule has 0 saturated heterocycles. The Bertz CT molecular complexity index is 999. The van der Waals surface area contributed by atoms with Gasteiger partial charge in [0.2, 0.25) is 0 Å². The van der Waals surface area contributed by atoms with Crippen molar-refractivity contribution < 1.29 is 4.79 Å². The van der Waals surface area contributed by atoms with Crippen LogP contribution in [0.1, 0.15) is 44.5 Å². The number of hydrogen-bond acceptors (Lipinski definition) is 7. The molecule has 1 aromatic carbocycles. The van der Waals surface area contributed by atoms with Crippen LogP contribution in [0.5, 0.6) is 0 Å². The molecule has 1 fully saturated rings. The van der Waals surface area contributed by atoms with Gasteiger partial charge in [0, 0.05) is 26.1 Å². The number of nitrogens with zero attached hydrogens (tertiary/aromatic N) is 6. The van der Waals surface area contributed by atoms with E-state index in [1.807, 2.05) is 48.2 Å². The van der Waals surface area contributed by atoms with Gasteiger partial charge in [0.25, 0.3) is 0 Å². The number of fused-ring (bicyclic) bond motifs is 1. The number of ketones is 1. The zero-order chi connectivity index (χ0) is 20.7. The Hall–Kier alpha value is -2.79. The Morgan fingerprint density at radius 2 is 1.83 bits per heavy atom. The number of Topliss-reactive ketones (excluding diaryl/α,β-unsaturated/α-hetero) is 1. The maximum atomic E-state index is 13.0. The second-order valence-corrected chi connectivity index (χ2v) is 8.67. The molecule has 8 heteroatoms. The van der Waals surface area contributed by atoms with E-state index in [2.05, 4.69) is 34.7 Å². The maximum absolute atomic E-state index is 13.0. The third-order valence-electron chi connectivity index (χ3n) is 5.31. The van der Waals surface area contributed by atoms with Gasteiger partial charge in [-0.25, -0.2) is 0 Å². The highest BCUT2D eigenvalue weighted by atomic mass is 32.2. The van der Waals surface area contributed by atoms with Crippen molar-refractivity contribution in [2.75, 3.05) is 29.6 Å². The lowest BCUT2D eigenvalue weighted by Gasteiger charge is -2.19. The number of thioether (sulfide) groups is 1. The van der Waals surface area contributed by atoms with Crippen molar-refractivity contribution in [3.63, 3.8) is 0 Å². The van der Waals surface area contributed by atoms with E-state index in [1.165, 1.54) is 11.8 Å². The third kappa shape index (κ3) is 3.40. The van der Waals surface area contributed by atoms with Crippen molar-refractivity contribution >= 4 is 28.9 Å². The first-order valence-electron chi connectivity index (χ1n) is 9.75. The molecule has 1 saturated carbocycles. The predicted molar refractivity (Wildman–Crippen MR) is 114 cm³/mol.